The Morgan fingerprint density at radius 3 is 2.52 bits per heavy atom. The van der Waals surface area contributed by atoms with Gasteiger partial charge in [-0.15, -0.1) is 0 Å². The largest absolute Gasteiger partial charge is 0.309 e. The van der Waals surface area contributed by atoms with Crippen molar-refractivity contribution in [3.8, 4) is 11.3 Å². The third-order valence-corrected chi connectivity index (χ3v) is 6.31. The highest BCUT2D eigenvalue weighted by Gasteiger charge is 2.17. The second-order valence-corrected chi connectivity index (χ2v) is 8.76. The first-order valence-corrected chi connectivity index (χ1v) is 11.7. The Balaban J connectivity index is 1.46. The van der Waals surface area contributed by atoms with Gasteiger partial charge < -0.3 is 5.32 Å². The topological polar surface area (TPSA) is 54.9 Å². The molecule has 0 spiro atoms. The lowest BCUT2D eigenvalue weighted by Crippen LogP contribution is -2.17. The van der Waals surface area contributed by atoms with E-state index >= 15 is 0 Å². The monoisotopic (exact) mass is 449 g/mol. The highest BCUT2D eigenvalue weighted by molar-refractivity contribution is 5.90. The van der Waals surface area contributed by atoms with E-state index in [4.69, 9.17) is 4.98 Å². The smallest absolute Gasteiger partial charge is 0.225 e. The molecule has 1 heterocycles. The van der Waals surface area contributed by atoms with Crippen molar-refractivity contribution in [2.75, 3.05) is 5.32 Å². The molecular formula is C27H29F2N3O. The molecule has 1 N–H and O–H groups in total. The van der Waals surface area contributed by atoms with Crippen molar-refractivity contribution in [2.24, 2.45) is 5.92 Å². The Morgan fingerprint density at radius 2 is 1.76 bits per heavy atom. The Hall–Kier alpha value is -3.15. The summed E-state index contributed by atoms with van der Waals surface area (Å²) in [6, 6.07) is 13.6. The number of carbonyl (C=O) groups is 1. The Labute approximate surface area is 193 Å². The predicted octanol–water partition coefficient (Wildman–Crippen LogP) is 6.51. The van der Waals surface area contributed by atoms with Crippen LogP contribution in [-0.2, 0) is 17.6 Å². The summed E-state index contributed by atoms with van der Waals surface area (Å²) < 4.78 is 26.5. The average molecular weight is 450 g/mol. The third kappa shape index (κ3) is 6.44. The first-order valence-electron chi connectivity index (χ1n) is 11.7. The molecule has 3 aromatic rings. The molecule has 1 aliphatic rings. The maximum atomic E-state index is 13.4. The Morgan fingerprint density at radius 1 is 0.970 bits per heavy atom. The summed E-state index contributed by atoms with van der Waals surface area (Å²) in [6.45, 7) is 0. The van der Waals surface area contributed by atoms with Crippen LogP contribution in [0.15, 0.2) is 54.7 Å². The number of hydrogen-bond acceptors (Lipinski definition) is 3. The van der Waals surface area contributed by atoms with Crippen LogP contribution >= 0.6 is 0 Å². The minimum absolute atomic E-state index is 0.148. The molecule has 1 aromatic heterocycles. The van der Waals surface area contributed by atoms with Crippen LogP contribution < -0.4 is 5.32 Å². The van der Waals surface area contributed by atoms with E-state index in [2.05, 4.69) is 10.3 Å². The fourth-order valence-corrected chi connectivity index (χ4v) is 4.42. The van der Waals surface area contributed by atoms with E-state index in [1.807, 2.05) is 30.3 Å². The zero-order valence-electron chi connectivity index (χ0n) is 18.7. The van der Waals surface area contributed by atoms with Gasteiger partial charge in [0.15, 0.2) is 17.5 Å². The molecule has 0 radical (unpaired) electrons. The van der Waals surface area contributed by atoms with Crippen molar-refractivity contribution in [3.63, 3.8) is 0 Å². The number of hydrogen-bond donors (Lipinski definition) is 1. The lowest BCUT2D eigenvalue weighted by molar-refractivity contribution is -0.116. The van der Waals surface area contributed by atoms with Crippen LogP contribution in [0.5, 0.6) is 0 Å². The van der Waals surface area contributed by atoms with E-state index in [-0.39, 0.29) is 12.3 Å². The summed E-state index contributed by atoms with van der Waals surface area (Å²) in [5.74, 6) is -0.834. The number of anilines is 1. The molecule has 1 fully saturated rings. The Kier molecular flexibility index (Phi) is 7.76. The van der Waals surface area contributed by atoms with E-state index in [0.717, 1.165) is 41.9 Å². The summed E-state index contributed by atoms with van der Waals surface area (Å²) in [5, 5.41) is 2.89. The van der Waals surface area contributed by atoms with Crippen LogP contribution in [-0.4, -0.2) is 15.9 Å². The predicted molar refractivity (Wildman–Crippen MR) is 126 cm³/mol. The first-order chi connectivity index (χ1) is 16.1. The van der Waals surface area contributed by atoms with Crippen molar-refractivity contribution in [1.82, 2.24) is 9.97 Å². The number of nitrogens with zero attached hydrogens (tertiary/aromatic N) is 2. The van der Waals surface area contributed by atoms with Crippen molar-refractivity contribution < 1.29 is 13.6 Å². The number of rotatable bonds is 8. The molecule has 0 unspecified atom stereocenters. The molecule has 0 saturated heterocycles. The number of carbonyl (C=O) groups excluding carboxylic acids is 1. The van der Waals surface area contributed by atoms with Crippen LogP contribution in [0.3, 0.4) is 0 Å². The fourth-order valence-electron chi connectivity index (χ4n) is 4.42. The molecule has 0 aliphatic heterocycles. The van der Waals surface area contributed by atoms with Gasteiger partial charge in [-0.3, -0.25) is 4.79 Å². The van der Waals surface area contributed by atoms with Crippen molar-refractivity contribution in [2.45, 2.75) is 57.8 Å². The fraction of sp³-hybridized carbons (Fsp3) is 0.370. The average Bonchev–Trinajstić information content (AvgIpc) is 2.85. The van der Waals surface area contributed by atoms with Gasteiger partial charge in [0.25, 0.3) is 0 Å². The second kappa shape index (κ2) is 11.1. The van der Waals surface area contributed by atoms with Crippen LogP contribution in [0.1, 0.15) is 56.2 Å². The molecule has 4 nitrogen and oxygen atoms in total. The van der Waals surface area contributed by atoms with Gasteiger partial charge >= 0.3 is 0 Å². The normalized spacial score (nSPS) is 14.2. The number of halogens is 2. The minimum atomic E-state index is -0.903. The van der Waals surface area contributed by atoms with Gasteiger partial charge in [0.05, 0.1) is 17.6 Å². The van der Waals surface area contributed by atoms with Crippen molar-refractivity contribution in [3.05, 3.63) is 77.6 Å². The standard InChI is InChI=1S/C27H29F2N3O/c28-22-14-11-20(17-23(22)29)13-16-26(33)32-27-24(15-12-19-7-3-1-4-8-19)31-25(18-30-27)21-9-5-2-6-10-21/h2,5-6,9-11,14,17-19H,1,3-4,7-8,12-13,15-16H2,(H,30,32,33). The number of nitrogens with one attached hydrogen (secondary N) is 1. The second-order valence-electron chi connectivity index (χ2n) is 8.76. The molecule has 4 rings (SSSR count). The highest BCUT2D eigenvalue weighted by Crippen LogP contribution is 2.29. The van der Waals surface area contributed by atoms with Crippen LogP contribution in [0, 0.1) is 17.6 Å². The summed E-state index contributed by atoms with van der Waals surface area (Å²) in [4.78, 5) is 22.0. The molecule has 2 aromatic carbocycles. The number of benzene rings is 2. The molecule has 33 heavy (non-hydrogen) atoms. The Bertz CT molecular complexity index is 1080. The lowest BCUT2D eigenvalue weighted by atomic mass is 9.86. The number of aryl methyl sites for hydroxylation is 2. The van der Waals surface area contributed by atoms with Gasteiger partial charge in [0.2, 0.25) is 5.91 Å². The molecule has 1 amide bonds. The van der Waals surface area contributed by atoms with Gasteiger partial charge in [-0.1, -0.05) is 68.5 Å². The molecule has 0 bridgehead atoms. The third-order valence-electron chi connectivity index (χ3n) is 6.31. The molecule has 6 heteroatoms. The summed E-state index contributed by atoms with van der Waals surface area (Å²) >= 11 is 0. The van der Waals surface area contributed by atoms with E-state index in [0.29, 0.717) is 23.7 Å². The van der Waals surface area contributed by atoms with Gasteiger partial charge in [0, 0.05) is 12.0 Å². The van der Waals surface area contributed by atoms with Crippen molar-refractivity contribution in [1.29, 1.82) is 0 Å². The summed E-state index contributed by atoms with van der Waals surface area (Å²) in [7, 11) is 0. The minimum Gasteiger partial charge on any atom is -0.309 e. The van der Waals surface area contributed by atoms with E-state index < -0.39 is 11.6 Å². The van der Waals surface area contributed by atoms with Crippen LogP contribution in [0.25, 0.3) is 11.3 Å². The summed E-state index contributed by atoms with van der Waals surface area (Å²) in [5.41, 5.74) is 3.14. The SMILES string of the molecule is O=C(CCc1ccc(F)c(F)c1)Nc1ncc(-c2ccccc2)nc1CCC1CCCCC1. The van der Waals surface area contributed by atoms with E-state index in [9.17, 15) is 13.6 Å². The van der Waals surface area contributed by atoms with Gasteiger partial charge in [0.1, 0.15) is 0 Å². The quantitative estimate of drug-likeness (QED) is 0.427. The van der Waals surface area contributed by atoms with E-state index in [1.165, 1.54) is 38.2 Å². The molecule has 0 atom stereocenters. The van der Waals surface area contributed by atoms with Crippen LogP contribution in [0.2, 0.25) is 0 Å². The maximum Gasteiger partial charge on any atom is 0.225 e. The maximum absolute atomic E-state index is 13.4. The zero-order chi connectivity index (χ0) is 23.0. The zero-order valence-corrected chi connectivity index (χ0v) is 18.7. The first kappa shape index (κ1) is 23.0. The highest BCUT2D eigenvalue weighted by atomic mass is 19.2. The van der Waals surface area contributed by atoms with Gasteiger partial charge in [-0.2, -0.15) is 0 Å². The van der Waals surface area contributed by atoms with Gasteiger partial charge in [-0.25, -0.2) is 18.7 Å². The molecule has 172 valence electrons. The summed E-state index contributed by atoms with van der Waals surface area (Å²) in [6.07, 6.45) is 10.3. The molecule has 1 saturated carbocycles. The molecule has 1 aliphatic carbocycles. The number of aromatic nitrogens is 2. The van der Waals surface area contributed by atoms with Gasteiger partial charge in [-0.05, 0) is 42.9 Å². The van der Waals surface area contributed by atoms with Crippen molar-refractivity contribution >= 4 is 11.7 Å². The lowest BCUT2D eigenvalue weighted by Gasteiger charge is -2.21. The van der Waals surface area contributed by atoms with E-state index in [1.54, 1.807) is 6.20 Å². The number of amides is 1. The van der Waals surface area contributed by atoms with Crippen LogP contribution in [0.4, 0.5) is 14.6 Å². The molecular weight excluding hydrogens is 420 g/mol.